The van der Waals surface area contributed by atoms with E-state index in [1.165, 1.54) is 11.1 Å². The van der Waals surface area contributed by atoms with Crippen molar-refractivity contribution >= 4 is 16.9 Å². The lowest BCUT2D eigenvalue weighted by molar-refractivity contribution is -0.122. The first kappa shape index (κ1) is 18.5. The summed E-state index contributed by atoms with van der Waals surface area (Å²) in [7, 11) is 0. The molecule has 2 unspecified atom stereocenters. The number of imidazole rings is 1. The van der Waals surface area contributed by atoms with Crippen molar-refractivity contribution in [2.75, 3.05) is 6.61 Å². The zero-order valence-electron chi connectivity index (χ0n) is 16.5. The van der Waals surface area contributed by atoms with Crippen molar-refractivity contribution < 1.29 is 9.53 Å². The number of fused-ring (bicyclic) bond motifs is 2. The summed E-state index contributed by atoms with van der Waals surface area (Å²) >= 11 is 0. The van der Waals surface area contributed by atoms with Crippen LogP contribution >= 0.6 is 0 Å². The fourth-order valence-corrected chi connectivity index (χ4v) is 3.73. The van der Waals surface area contributed by atoms with Crippen LogP contribution in [-0.4, -0.2) is 22.5 Å². The molecule has 2 heterocycles. The number of aromatic nitrogens is 2. The number of hydrogen-bond acceptors (Lipinski definition) is 3. The Kier molecular flexibility index (Phi) is 5.33. The minimum Gasteiger partial charge on any atom is -0.493 e. The van der Waals surface area contributed by atoms with E-state index in [1.54, 1.807) is 0 Å². The van der Waals surface area contributed by atoms with Crippen molar-refractivity contribution in [2.24, 2.45) is 5.92 Å². The minimum atomic E-state index is -0.113. The summed E-state index contributed by atoms with van der Waals surface area (Å²) in [5.74, 6) is 2.16. The van der Waals surface area contributed by atoms with Crippen LogP contribution in [0.2, 0.25) is 0 Å². The summed E-state index contributed by atoms with van der Waals surface area (Å²) < 4.78 is 5.55. The Labute approximate surface area is 165 Å². The Morgan fingerprint density at radius 3 is 2.96 bits per heavy atom. The number of amides is 1. The monoisotopic (exact) mass is 377 g/mol. The van der Waals surface area contributed by atoms with Crippen LogP contribution in [0.1, 0.15) is 49.7 Å². The molecule has 1 aliphatic rings. The molecule has 4 rings (SSSR count). The zero-order chi connectivity index (χ0) is 19.5. The van der Waals surface area contributed by atoms with Crippen molar-refractivity contribution in [1.29, 1.82) is 0 Å². The normalized spacial score (nSPS) is 15.1. The molecular formula is C23H27N3O2. The molecule has 1 aliphatic heterocycles. The van der Waals surface area contributed by atoms with Crippen molar-refractivity contribution in [1.82, 2.24) is 15.3 Å². The highest BCUT2D eigenvalue weighted by Gasteiger charge is 2.23. The molecule has 1 aromatic heterocycles. The molecule has 0 radical (unpaired) electrons. The van der Waals surface area contributed by atoms with Gasteiger partial charge in [-0.05, 0) is 41.7 Å². The van der Waals surface area contributed by atoms with E-state index >= 15 is 0 Å². The van der Waals surface area contributed by atoms with Crippen LogP contribution in [0.15, 0.2) is 42.5 Å². The Morgan fingerprint density at radius 2 is 2.14 bits per heavy atom. The van der Waals surface area contributed by atoms with Crippen LogP contribution < -0.4 is 10.1 Å². The summed E-state index contributed by atoms with van der Waals surface area (Å²) in [5.41, 5.74) is 4.36. The van der Waals surface area contributed by atoms with E-state index in [-0.39, 0.29) is 11.9 Å². The van der Waals surface area contributed by atoms with Gasteiger partial charge in [-0.2, -0.15) is 0 Å². The van der Waals surface area contributed by atoms with Gasteiger partial charge in [0.1, 0.15) is 11.6 Å². The van der Waals surface area contributed by atoms with Gasteiger partial charge in [-0.15, -0.1) is 0 Å². The molecule has 28 heavy (non-hydrogen) atoms. The van der Waals surface area contributed by atoms with Crippen LogP contribution in [0, 0.1) is 5.92 Å². The number of para-hydroxylation sites is 2. The zero-order valence-corrected chi connectivity index (χ0v) is 16.5. The summed E-state index contributed by atoms with van der Waals surface area (Å²) in [6, 6.07) is 14.1. The second kappa shape index (κ2) is 8.05. The Hall–Kier alpha value is -2.82. The van der Waals surface area contributed by atoms with Gasteiger partial charge in [-0.1, -0.05) is 44.5 Å². The Bertz CT molecular complexity index is 946. The van der Waals surface area contributed by atoms with E-state index in [4.69, 9.17) is 9.72 Å². The van der Waals surface area contributed by atoms with Crippen LogP contribution in [0.4, 0.5) is 0 Å². The fraction of sp³-hybridized carbons (Fsp3) is 0.391. The second-order valence-corrected chi connectivity index (χ2v) is 7.61. The number of H-pyrrole nitrogens is 1. The molecule has 3 aromatic rings. The second-order valence-electron chi connectivity index (χ2n) is 7.61. The number of nitrogens with one attached hydrogen (secondary N) is 2. The average molecular weight is 377 g/mol. The predicted molar refractivity (Wildman–Crippen MR) is 110 cm³/mol. The number of hydrogen-bond donors (Lipinski definition) is 2. The maximum Gasteiger partial charge on any atom is 0.220 e. The van der Waals surface area contributed by atoms with E-state index < -0.39 is 0 Å². The smallest absolute Gasteiger partial charge is 0.220 e. The molecule has 0 saturated carbocycles. The number of nitrogens with zero attached hydrogens (tertiary/aromatic N) is 1. The van der Waals surface area contributed by atoms with Gasteiger partial charge in [0.15, 0.2) is 0 Å². The van der Waals surface area contributed by atoms with Crippen LogP contribution in [-0.2, 0) is 17.6 Å². The molecule has 0 bridgehead atoms. The van der Waals surface area contributed by atoms with Gasteiger partial charge in [0.2, 0.25) is 5.91 Å². The molecule has 2 N–H and O–H groups in total. The van der Waals surface area contributed by atoms with Crippen molar-refractivity contribution in [3.63, 3.8) is 0 Å². The molecule has 2 aromatic carbocycles. The van der Waals surface area contributed by atoms with E-state index in [2.05, 4.69) is 36.3 Å². The van der Waals surface area contributed by atoms with Gasteiger partial charge >= 0.3 is 0 Å². The van der Waals surface area contributed by atoms with Gasteiger partial charge in [-0.25, -0.2) is 4.98 Å². The third-order valence-corrected chi connectivity index (χ3v) is 5.63. The largest absolute Gasteiger partial charge is 0.493 e. The predicted octanol–water partition coefficient (Wildman–Crippen LogP) is 4.33. The SMILES string of the molecule is CCC(C)C(NC(=O)CCc1ccc2c(c1)CCO2)c1nc2ccccc2[nH]1. The highest BCUT2D eigenvalue weighted by atomic mass is 16.5. The molecule has 0 saturated heterocycles. The summed E-state index contributed by atoms with van der Waals surface area (Å²) in [5, 5.41) is 3.21. The van der Waals surface area contributed by atoms with Crippen molar-refractivity contribution in [3.05, 3.63) is 59.4 Å². The van der Waals surface area contributed by atoms with E-state index in [0.29, 0.717) is 12.3 Å². The lowest BCUT2D eigenvalue weighted by Gasteiger charge is -2.22. The molecule has 1 amide bonds. The molecule has 5 heteroatoms. The van der Waals surface area contributed by atoms with Gasteiger partial charge in [-0.3, -0.25) is 4.79 Å². The summed E-state index contributed by atoms with van der Waals surface area (Å²) in [4.78, 5) is 20.8. The van der Waals surface area contributed by atoms with Gasteiger partial charge in [0, 0.05) is 12.8 Å². The molecule has 146 valence electrons. The van der Waals surface area contributed by atoms with Crippen LogP contribution in [0.25, 0.3) is 11.0 Å². The molecule has 0 spiro atoms. The third-order valence-electron chi connectivity index (χ3n) is 5.63. The number of benzene rings is 2. The first-order valence-electron chi connectivity index (χ1n) is 10.1. The highest BCUT2D eigenvalue weighted by molar-refractivity contribution is 5.77. The first-order valence-corrected chi connectivity index (χ1v) is 10.1. The van der Waals surface area contributed by atoms with E-state index in [0.717, 1.165) is 48.5 Å². The third kappa shape index (κ3) is 3.88. The number of rotatable bonds is 7. The van der Waals surface area contributed by atoms with E-state index in [1.807, 2.05) is 30.3 Å². The van der Waals surface area contributed by atoms with Crippen LogP contribution in [0.3, 0.4) is 0 Å². The van der Waals surface area contributed by atoms with Gasteiger partial charge in [0.25, 0.3) is 0 Å². The van der Waals surface area contributed by atoms with Gasteiger partial charge in [0.05, 0.1) is 23.7 Å². The lowest BCUT2D eigenvalue weighted by Crippen LogP contribution is -2.33. The minimum absolute atomic E-state index is 0.0579. The first-order chi connectivity index (χ1) is 13.6. The standard InChI is InChI=1S/C23H27N3O2/c1-3-15(2)22(23-24-18-6-4-5-7-19(18)25-23)26-21(27)11-9-16-8-10-20-17(14-16)12-13-28-20/h4-8,10,14-15,22H,3,9,11-13H2,1-2H3,(H,24,25)(H,26,27). The summed E-state index contributed by atoms with van der Waals surface area (Å²) in [6.45, 7) is 5.05. The van der Waals surface area contributed by atoms with Crippen molar-refractivity contribution in [2.45, 2.75) is 45.6 Å². The Balaban J connectivity index is 1.43. The number of carbonyl (C=O) groups excluding carboxylic acids is 1. The maximum atomic E-state index is 12.7. The number of aromatic amines is 1. The number of ether oxygens (including phenoxy) is 1. The molecule has 5 nitrogen and oxygen atoms in total. The molecule has 0 fully saturated rings. The molecule has 2 atom stereocenters. The topological polar surface area (TPSA) is 67.0 Å². The summed E-state index contributed by atoms with van der Waals surface area (Å²) in [6.07, 6.45) is 3.11. The van der Waals surface area contributed by atoms with Crippen molar-refractivity contribution in [3.8, 4) is 5.75 Å². The Morgan fingerprint density at radius 1 is 1.29 bits per heavy atom. The average Bonchev–Trinajstić information content (AvgIpc) is 3.35. The number of carbonyl (C=O) groups is 1. The van der Waals surface area contributed by atoms with Gasteiger partial charge < -0.3 is 15.0 Å². The molecule has 0 aliphatic carbocycles. The maximum absolute atomic E-state index is 12.7. The van der Waals surface area contributed by atoms with Crippen LogP contribution in [0.5, 0.6) is 5.75 Å². The quantitative estimate of drug-likeness (QED) is 0.644. The van der Waals surface area contributed by atoms with E-state index in [9.17, 15) is 4.79 Å². The number of aryl methyl sites for hydroxylation is 1. The highest BCUT2D eigenvalue weighted by Crippen LogP contribution is 2.27. The molecular weight excluding hydrogens is 350 g/mol. The lowest BCUT2D eigenvalue weighted by atomic mass is 9.98. The fourth-order valence-electron chi connectivity index (χ4n) is 3.73.